The summed E-state index contributed by atoms with van der Waals surface area (Å²) in [6.45, 7) is 2.40. The standard InChI is InChI=1S/C17H21F3N2O3S/c1-12-3-4-13(17(18,19)20)9-14(12)21-15(23)22-7-2-5-16(10-22)6-8-26(24,25)11-16/h3-4,9H,2,5-8,10-11H2,1H3,(H,21,23). The molecule has 1 N–H and O–H groups in total. The fraction of sp³-hybridized carbons (Fsp3) is 0.588. The molecule has 3 rings (SSSR count). The topological polar surface area (TPSA) is 66.5 Å². The molecule has 1 unspecified atom stereocenters. The minimum atomic E-state index is -4.49. The monoisotopic (exact) mass is 390 g/mol. The minimum absolute atomic E-state index is 0.0758. The smallest absolute Gasteiger partial charge is 0.324 e. The Hall–Kier alpha value is -1.77. The summed E-state index contributed by atoms with van der Waals surface area (Å²) < 4.78 is 62.3. The third-order valence-corrected chi connectivity index (χ3v) is 7.10. The lowest BCUT2D eigenvalue weighted by Gasteiger charge is -2.39. The van der Waals surface area contributed by atoms with E-state index in [9.17, 15) is 26.4 Å². The van der Waals surface area contributed by atoms with E-state index in [-0.39, 0.29) is 17.2 Å². The summed E-state index contributed by atoms with van der Waals surface area (Å²) in [5, 5.41) is 2.56. The Balaban J connectivity index is 1.74. The quantitative estimate of drug-likeness (QED) is 0.799. The average Bonchev–Trinajstić information content (AvgIpc) is 2.82. The number of halogens is 3. The molecule has 9 heteroatoms. The molecular formula is C17H21F3N2O3S. The number of rotatable bonds is 1. The predicted octanol–water partition coefficient (Wildman–Crippen LogP) is 3.45. The van der Waals surface area contributed by atoms with E-state index in [1.54, 1.807) is 6.92 Å². The molecule has 1 aromatic rings. The maximum absolute atomic E-state index is 12.9. The zero-order chi connectivity index (χ0) is 19.2. The number of piperidine rings is 1. The van der Waals surface area contributed by atoms with Crippen molar-refractivity contribution in [3.8, 4) is 0 Å². The summed E-state index contributed by atoms with van der Waals surface area (Å²) in [5.74, 6) is 0.210. The van der Waals surface area contributed by atoms with Gasteiger partial charge in [-0.25, -0.2) is 13.2 Å². The molecule has 1 spiro atoms. The molecule has 2 fully saturated rings. The van der Waals surface area contributed by atoms with Crippen LogP contribution in [0, 0.1) is 12.3 Å². The first-order chi connectivity index (χ1) is 12.0. The van der Waals surface area contributed by atoms with Crippen LogP contribution in [0.5, 0.6) is 0 Å². The highest BCUT2D eigenvalue weighted by molar-refractivity contribution is 7.91. The second kappa shape index (κ2) is 6.44. The zero-order valence-corrected chi connectivity index (χ0v) is 15.2. The number of hydrogen-bond acceptors (Lipinski definition) is 3. The molecule has 0 aliphatic carbocycles. The number of aryl methyl sites for hydroxylation is 1. The first-order valence-corrected chi connectivity index (χ1v) is 10.3. The Kier molecular flexibility index (Phi) is 4.71. The summed E-state index contributed by atoms with van der Waals surface area (Å²) in [5.41, 5.74) is -0.600. The van der Waals surface area contributed by atoms with E-state index in [1.165, 1.54) is 11.0 Å². The molecule has 2 aliphatic heterocycles. The lowest BCUT2D eigenvalue weighted by Crippen LogP contribution is -2.48. The second-order valence-electron chi connectivity index (χ2n) is 7.32. The van der Waals surface area contributed by atoms with E-state index in [4.69, 9.17) is 0 Å². The molecular weight excluding hydrogens is 369 g/mol. The van der Waals surface area contributed by atoms with Crippen LogP contribution in [0.15, 0.2) is 18.2 Å². The molecule has 0 saturated carbocycles. The summed E-state index contributed by atoms with van der Waals surface area (Å²) in [6.07, 6.45) is -2.52. The van der Waals surface area contributed by atoms with Crippen LogP contribution >= 0.6 is 0 Å². The van der Waals surface area contributed by atoms with Gasteiger partial charge in [-0.1, -0.05) is 6.07 Å². The van der Waals surface area contributed by atoms with Crippen molar-refractivity contribution in [2.24, 2.45) is 5.41 Å². The number of amides is 2. The van der Waals surface area contributed by atoms with Crippen molar-refractivity contribution in [1.29, 1.82) is 0 Å². The molecule has 0 radical (unpaired) electrons. The van der Waals surface area contributed by atoms with Crippen LogP contribution in [0.2, 0.25) is 0 Å². The van der Waals surface area contributed by atoms with E-state index in [2.05, 4.69) is 5.32 Å². The number of nitrogens with one attached hydrogen (secondary N) is 1. The Labute approximate surface area is 150 Å². The third kappa shape index (κ3) is 3.97. The van der Waals surface area contributed by atoms with Gasteiger partial charge in [0.15, 0.2) is 9.84 Å². The SMILES string of the molecule is Cc1ccc(C(F)(F)F)cc1NC(=O)N1CCCC2(CCS(=O)(=O)C2)C1. The first-order valence-electron chi connectivity index (χ1n) is 8.44. The van der Waals surface area contributed by atoms with Crippen molar-refractivity contribution < 1.29 is 26.4 Å². The lowest BCUT2D eigenvalue weighted by atomic mass is 9.80. The molecule has 5 nitrogen and oxygen atoms in total. The summed E-state index contributed by atoms with van der Waals surface area (Å²) in [7, 11) is -3.07. The van der Waals surface area contributed by atoms with E-state index in [0.29, 0.717) is 31.5 Å². The van der Waals surface area contributed by atoms with Gasteiger partial charge in [0.05, 0.1) is 17.1 Å². The van der Waals surface area contributed by atoms with Gasteiger partial charge in [-0.05, 0) is 43.9 Å². The van der Waals surface area contributed by atoms with Gasteiger partial charge in [-0.2, -0.15) is 13.2 Å². The second-order valence-corrected chi connectivity index (χ2v) is 9.51. The molecule has 0 bridgehead atoms. The predicted molar refractivity (Wildman–Crippen MR) is 91.7 cm³/mol. The molecule has 1 aromatic carbocycles. The van der Waals surface area contributed by atoms with Crippen molar-refractivity contribution in [2.45, 2.75) is 32.4 Å². The van der Waals surface area contributed by atoms with E-state index in [1.807, 2.05) is 0 Å². The summed E-state index contributed by atoms with van der Waals surface area (Å²) >= 11 is 0. The Bertz CT molecular complexity index is 823. The van der Waals surface area contributed by atoms with Crippen molar-refractivity contribution in [1.82, 2.24) is 4.90 Å². The van der Waals surface area contributed by atoms with Gasteiger partial charge < -0.3 is 10.2 Å². The Morgan fingerprint density at radius 1 is 1.27 bits per heavy atom. The van der Waals surface area contributed by atoms with Gasteiger partial charge >= 0.3 is 12.2 Å². The highest BCUT2D eigenvalue weighted by atomic mass is 32.2. The van der Waals surface area contributed by atoms with Gasteiger partial charge in [0.25, 0.3) is 0 Å². The third-order valence-electron chi connectivity index (χ3n) is 5.22. The van der Waals surface area contributed by atoms with Gasteiger partial charge in [0.1, 0.15) is 0 Å². The van der Waals surface area contributed by atoms with Crippen LogP contribution in [-0.4, -0.2) is 43.9 Å². The van der Waals surface area contributed by atoms with Crippen LogP contribution in [0.3, 0.4) is 0 Å². The summed E-state index contributed by atoms with van der Waals surface area (Å²) in [6, 6.07) is 2.73. The van der Waals surface area contributed by atoms with Crippen molar-refractivity contribution in [2.75, 3.05) is 29.9 Å². The highest BCUT2D eigenvalue weighted by Crippen LogP contribution is 2.40. The fourth-order valence-electron chi connectivity index (χ4n) is 3.81. The Morgan fingerprint density at radius 2 is 2.00 bits per heavy atom. The van der Waals surface area contributed by atoms with Gasteiger partial charge in [-0.15, -0.1) is 0 Å². The van der Waals surface area contributed by atoms with Crippen LogP contribution in [-0.2, 0) is 16.0 Å². The number of sulfone groups is 1. The van der Waals surface area contributed by atoms with Crippen LogP contribution in [0.25, 0.3) is 0 Å². The van der Waals surface area contributed by atoms with Crippen molar-refractivity contribution in [3.63, 3.8) is 0 Å². The average molecular weight is 390 g/mol. The molecule has 2 amide bonds. The van der Waals surface area contributed by atoms with E-state index in [0.717, 1.165) is 18.6 Å². The van der Waals surface area contributed by atoms with Crippen molar-refractivity contribution in [3.05, 3.63) is 29.3 Å². The van der Waals surface area contributed by atoms with Gasteiger partial charge in [0, 0.05) is 24.2 Å². The molecule has 2 saturated heterocycles. The number of urea groups is 1. The maximum atomic E-state index is 12.9. The van der Waals surface area contributed by atoms with Crippen LogP contribution in [0.1, 0.15) is 30.4 Å². The molecule has 0 aromatic heterocycles. The lowest BCUT2D eigenvalue weighted by molar-refractivity contribution is -0.137. The van der Waals surface area contributed by atoms with Gasteiger partial charge in [0.2, 0.25) is 0 Å². The minimum Gasteiger partial charge on any atom is -0.324 e. The number of anilines is 1. The number of carbonyl (C=O) groups is 1. The van der Waals surface area contributed by atoms with E-state index < -0.39 is 33.0 Å². The first kappa shape index (κ1) is 19.0. The molecule has 2 aliphatic rings. The van der Waals surface area contributed by atoms with Crippen LogP contribution in [0.4, 0.5) is 23.7 Å². The molecule has 2 heterocycles. The number of likely N-dealkylation sites (tertiary alicyclic amines) is 1. The fourth-order valence-corrected chi connectivity index (χ4v) is 6.01. The number of carbonyl (C=O) groups excluding carboxylic acids is 1. The molecule has 26 heavy (non-hydrogen) atoms. The number of benzene rings is 1. The maximum Gasteiger partial charge on any atom is 0.416 e. The van der Waals surface area contributed by atoms with Crippen molar-refractivity contribution >= 4 is 21.6 Å². The normalized spacial score (nSPS) is 25.5. The largest absolute Gasteiger partial charge is 0.416 e. The molecule has 1 atom stereocenters. The summed E-state index contributed by atoms with van der Waals surface area (Å²) in [4.78, 5) is 14.1. The number of hydrogen-bond donors (Lipinski definition) is 1. The Morgan fingerprint density at radius 3 is 2.62 bits per heavy atom. The highest BCUT2D eigenvalue weighted by Gasteiger charge is 2.45. The molecule has 144 valence electrons. The van der Waals surface area contributed by atoms with Crippen LogP contribution < -0.4 is 5.32 Å². The number of nitrogens with zero attached hydrogens (tertiary/aromatic N) is 1. The number of alkyl halides is 3. The zero-order valence-electron chi connectivity index (χ0n) is 14.4. The van der Waals surface area contributed by atoms with E-state index >= 15 is 0 Å². The van der Waals surface area contributed by atoms with Gasteiger partial charge in [-0.3, -0.25) is 0 Å².